The van der Waals surface area contributed by atoms with Gasteiger partial charge in [-0.3, -0.25) is 5.10 Å². The van der Waals surface area contributed by atoms with Gasteiger partial charge in [0, 0.05) is 27.2 Å². The van der Waals surface area contributed by atoms with Crippen LogP contribution in [0.5, 0.6) is 0 Å². The van der Waals surface area contributed by atoms with Crippen LogP contribution in [0, 0.1) is 0 Å². The van der Waals surface area contributed by atoms with Crippen molar-refractivity contribution in [1.82, 2.24) is 20.2 Å². The van der Waals surface area contributed by atoms with E-state index in [9.17, 15) is 0 Å². The number of hydrogen-bond acceptors (Lipinski definition) is 6. The van der Waals surface area contributed by atoms with E-state index in [0.717, 1.165) is 42.8 Å². The topological polar surface area (TPSA) is 79.0 Å². The van der Waals surface area contributed by atoms with E-state index in [4.69, 9.17) is 4.74 Å². The standard InChI is InChI=1S/C12H18N6O/c1-13-12-15-10-9(7-14-17-10)11(16-12)18-5-3-8(19-2)4-6-18/h7-8H,3-6H2,1-2H3,(H2,13,14,15,16,17). The molecule has 0 spiro atoms. The molecule has 3 rings (SSSR count). The van der Waals surface area contributed by atoms with Gasteiger partial charge in [0.2, 0.25) is 5.95 Å². The second-order valence-corrected chi connectivity index (χ2v) is 4.68. The van der Waals surface area contributed by atoms with Crippen LogP contribution in [0.3, 0.4) is 0 Å². The molecule has 0 atom stereocenters. The number of aromatic amines is 1. The van der Waals surface area contributed by atoms with Crippen LogP contribution in [0.25, 0.3) is 11.0 Å². The number of nitrogens with zero attached hydrogens (tertiary/aromatic N) is 4. The van der Waals surface area contributed by atoms with E-state index < -0.39 is 0 Å². The lowest BCUT2D eigenvalue weighted by atomic mass is 10.1. The van der Waals surface area contributed by atoms with Crippen molar-refractivity contribution in [2.75, 3.05) is 37.5 Å². The van der Waals surface area contributed by atoms with Crippen molar-refractivity contribution in [1.29, 1.82) is 0 Å². The molecule has 102 valence electrons. The molecule has 7 heteroatoms. The highest BCUT2D eigenvalue weighted by atomic mass is 16.5. The van der Waals surface area contributed by atoms with Crippen LogP contribution in [0.4, 0.5) is 11.8 Å². The first-order valence-corrected chi connectivity index (χ1v) is 6.48. The summed E-state index contributed by atoms with van der Waals surface area (Å²) in [5.41, 5.74) is 0.767. The normalized spacial score (nSPS) is 17.1. The lowest BCUT2D eigenvalue weighted by Gasteiger charge is -2.32. The molecule has 1 fully saturated rings. The van der Waals surface area contributed by atoms with Crippen molar-refractivity contribution in [3.05, 3.63) is 6.20 Å². The molecule has 0 bridgehead atoms. The van der Waals surface area contributed by atoms with Gasteiger partial charge in [-0.25, -0.2) is 0 Å². The fraction of sp³-hybridized carbons (Fsp3) is 0.583. The van der Waals surface area contributed by atoms with Crippen molar-refractivity contribution >= 4 is 22.8 Å². The third-order valence-corrected chi connectivity index (χ3v) is 3.59. The second kappa shape index (κ2) is 5.00. The summed E-state index contributed by atoms with van der Waals surface area (Å²) in [6, 6.07) is 0. The van der Waals surface area contributed by atoms with E-state index in [0.29, 0.717) is 12.1 Å². The number of piperidine rings is 1. The SMILES string of the molecule is CNc1nc(N2CCC(OC)CC2)c2cn[nH]c2n1. The predicted octanol–water partition coefficient (Wildman–Crippen LogP) is 1.01. The Morgan fingerprint density at radius 2 is 2.16 bits per heavy atom. The lowest BCUT2D eigenvalue weighted by molar-refractivity contribution is 0.0818. The molecule has 1 saturated heterocycles. The summed E-state index contributed by atoms with van der Waals surface area (Å²) in [6.45, 7) is 1.89. The fourth-order valence-electron chi connectivity index (χ4n) is 2.48. The molecule has 0 amide bonds. The van der Waals surface area contributed by atoms with Gasteiger partial charge in [0.05, 0.1) is 17.7 Å². The maximum absolute atomic E-state index is 5.40. The molecular formula is C12H18N6O. The Labute approximate surface area is 111 Å². The molecule has 1 aliphatic rings. The fourth-order valence-corrected chi connectivity index (χ4v) is 2.48. The average Bonchev–Trinajstić information content (AvgIpc) is 2.94. The Bertz CT molecular complexity index is 560. The van der Waals surface area contributed by atoms with Crippen LogP contribution in [0.1, 0.15) is 12.8 Å². The van der Waals surface area contributed by atoms with Gasteiger partial charge in [-0.15, -0.1) is 0 Å². The third-order valence-electron chi connectivity index (χ3n) is 3.59. The molecule has 2 N–H and O–H groups in total. The van der Waals surface area contributed by atoms with Gasteiger partial charge in [0.15, 0.2) is 5.65 Å². The lowest BCUT2D eigenvalue weighted by Crippen LogP contribution is -2.37. The Kier molecular flexibility index (Phi) is 3.20. The largest absolute Gasteiger partial charge is 0.381 e. The Hall–Kier alpha value is -1.89. The highest BCUT2D eigenvalue weighted by Crippen LogP contribution is 2.26. The van der Waals surface area contributed by atoms with Crippen LogP contribution in [-0.4, -0.2) is 53.5 Å². The van der Waals surface area contributed by atoms with Crippen LogP contribution in [-0.2, 0) is 4.74 Å². The monoisotopic (exact) mass is 262 g/mol. The summed E-state index contributed by atoms with van der Waals surface area (Å²) in [5.74, 6) is 1.55. The number of ether oxygens (including phenoxy) is 1. The zero-order valence-electron chi connectivity index (χ0n) is 11.2. The summed E-state index contributed by atoms with van der Waals surface area (Å²) < 4.78 is 5.40. The van der Waals surface area contributed by atoms with Crippen LogP contribution >= 0.6 is 0 Å². The van der Waals surface area contributed by atoms with Crippen molar-refractivity contribution < 1.29 is 4.74 Å². The number of hydrogen-bond donors (Lipinski definition) is 2. The van der Waals surface area contributed by atoms with Crippen LogP contribution in [0.15, 0.2) is 6.20 Å². The first-order chi connectivity index (χ1) is 9.31. The zero-order chi connectivity index (χ0) is 13.2. The number of aromatic nitrogens is 4. The first kappa shape index (κ1) is 12.2. The van der Waals surface area contributed by atoms with Crippen LogP contribution < -0.4 is 10.2 Å². The molecule has 0 unspecified atom stereocenters. The molecule has 2 aromatic rings. The molecule has 0 saturated carbocycles. The number of methoxy groups -OCH3 is 1. The van der Waals surface area contributed by atoms with Crippen molar-refractivity contribution in [2.24, 2.45) is 0 Å². The van der Waals surface area contributed by atoms with Crippen molar-refractivity contribution in [3.63, 3.8) is 0 Å². The molecule has 3 heterocycles. The maximum atomic E-state index is 5.40. The van der Waals surface area contributed by atoms with Crippen LogP contribution in [0.2, 0.25) is 0 Å². The molecule has 7 nitrogen and oxygen atoms in total. The maximum Gasteiger partial charge on any atom is 0.226 e. The Morgan fingerprint density at radius 3 is 2.84 bits per heavy atom. The molecule has 1 aliphatic heterocycles. The molecule has 2 aromatic heterocycles. The first-order valence-electron chi connectivity index (χ1n) is 6.48. The van der Waals surface area contributed by atoms with Gasteiger partial charge >= 0.3 is 0 Å². The smallest absolute Gasteiger partial charge is 0.226 e. The highest BCUT2D eigenvalue weighted by Gasteiger charge is 2.22. The average molecular weight is 262 g/mol. The minimum atomic E-state index is 0.363. The number of fused-ring (bicyclic) bond motifs is 1. The minimum Gasteiger partial charge on any atom is -0.381 e. The predicted molar refractivity (Wildman–Crippen MR) is 73.5 cm³/mol. The van der Waals surface area contributed by atoms with Gasteiger partial charge in [0.25, 0.3) is 0 Å². The third kappa shape index (κ3) is 2.21. The highest BCUT2D eigenvalue weighted by molar-refractivity contribution is 5.87. The van der Waals surface area contributed by atoms with Crippen molar-refractivity contribution in [3.8, 4) is 0 Å². The van der Waals surface area contributed by atoms with E-state index >= 15 is 0 Å². The van der Waals surface area contributed by atoms with Gasteiger partial charge in [-0.2, -0.15) is 15.1 Å². The second-order valence-electron chi connectivity index (χ2n) is 4.68. The van der Waals surface area contributed by atoms with Gasteiger partial charge in [0.1, 0.15) is 5.82 Å². The zero-order valence-corrected chi connectivity index (χ0v) is 11.2. The van der Waals surface area contributed by atoms with Gasteiger partial charge in [-0.05, 0) is 12.8 Å². The molecule has 0 aliphatic carbocycles. The van der Waals surface area contributed by atoms with Gasteiger partial charge < -0.3 is 15.0 Å². The summed E-state index contributed by atoms with van der Waals surface area (Å²) in [7, 11) is 3.59. The summed E-state index contributed by atoms with van der Waals surface area (Å²) in [6.07, 6.45) is 4.19. The van der Waals surface area contributed by atoms with E-state index in [1.165, 1.54) is 0 Å². The summed E-state index contributed by atoms with van der Waals surface area (Å²) in [5, 5.41) is 10.9. The molecule has 0 radical (unpaired) electrons. The Balaban J connectivity index is 1.93. The van der Waals surface area contributed by atoms with E-state index in [1.54, 1.807) is 13.3 Å². The minimum absolute atomic E-state index is 0.363. The van der Waals surface area contributed by atoms with E-state index in [-0.39, 0.29) is 0 Å². The number of rotatable bonds is 3. The Morgan fingerprint density at radius 1 is 1.37 bits per heavy atom. The van der Waals surface area contributed by atoms with Crippen molar-refractivity contribution in [2.45, 2.75) is 18.9 Å². The van der Waals surface area contributed by atoms with Gasteiger partial charge in [-0.1, -0.05) is 0 Å². The number of anilines is 2. The van der Waals surface area contributed by atoms with E-state index in [1.807, 2.05) is 7.05 Å². The molecular weight excluding hydrogens is 244 g/mol. The quantitative estimate of drug-likeness (QED) is 0.859. The summed E-state index contributed by atoms with van der Waals surface area (Å²) >= 11 is 0. The van der Waals surface area contributed by atoms with E-state index in [2.05, 4.69) is 30.4 Å². The summed E-state index contributed by atoms with van der Waals surface area (Å²) in [4.78, 5) is 11.2. The number of H-pyrrole nitrogens is 1. The molecule has 19 heavy (non-hydrogen) atoms. The molecule has 0 aromatic carbocycles. The number of nitrogens with one attached hydrogen (secondary N) is 2.